The summed E-state index contributed by atoms with van der Waals surface area (Å²) in [7, 11) is 0. The van der Waals surface area contributed by atoms with E-state index in [2.05, 4.69) is 10.00 Å². The third-order valence-electron chi connectivity index (χ3n) is 4.32. The van der Waals surface area contributed by atoms with Gasteiger partial charge in [-0.2, -0.15) is 5.10 Å². The van der Waals surface area contributed by atoms with Crippen LogP contribution in [0.15, 0.2) is 54.7 Å². The van der Waals surface area contributed by atoms with Gasteiger partial charge < -0.3 is 9.64 Å². The Bertz CT molecular complexity index is 888. The van der Waals surface area contributed by atoms with Gasteiger partial charge in [0, 0.05) is 18.7 Å². The molecule has 0 atom stereocenters. The maximum atomic E-state index is 13.6. The van der Waals surface area contributed by atoms with Gasteiger partial charge in [-0.1, -0.05) is 12.1 Å². The molecule has 1 aliphatic rings. The van der Waals surface area contributed by atoms with Gasteiger partial charge in [0.1, 0.15) is 0 Å². The van der Waals surface area contributed by atoms with Crippen molar-refractivity contribution in [1.82, 2.24) is 9.78 Å². The Morgan fingerprint density at radius 2 is 1.64 bits per heavy atom. The maximum absolute atomic E-state index is 13.6. The highest BCUT2D eigenvalue weighted by Gasteiger charge is 2.18. The van der Waals surface area contributed by atoms with Crippen molar-refractivity contribution in [2.75, 3.05) is 31.2 Å². The van der Waals surface area contributed by atoms with Crippen LogP contribution in [0.25, 0.3) is 16.9 Å². The molecule has 1 aliphatic heterocycles. The van der Waals surface area contributed by atoms with Crippen LogP contribution in [0.3, 0.4) is 0 Å². The summed E-state index contributed by atoms with van der Waals surface area (Å²) in [6.45, 7) is 2.98. The minimum Gasteiger partial charge on any atom is -0.378 e. The smallest absolute Gasteiger partial charge is 0.159 e. The van der Waals surface area contributed by atoms with E-state index in [9.17, 15) is 8.78 Å². The minimum atomic E-state index is -0.869. The summed E-state index contributed by atoms with van der Waals surface area (Å²) in [5.74, 6) is -1.73. The number of para-hydroxylation sites is 2. The normalized spacial score (nSPS) is 14.7. The average molecular weight is 341 g/mol. The second kappa shape index (κ2) is 6.64. The zero-order valence-electron chi connectivity index (χ0n) is 13.5. The van der Waals surface area contributed by atoms with Crippen molar-refractivity contribution in [2.24, 2.45) is 0 Å². The minimum absolute atomic E-state index is 0.577. The van der Waals surface area contributed by atoms with Gasteiger partial charge in [0.2, 0.25) is 0 Å². The predicted octanol–water partition coefficient (Wildman–Crippen LogP) is 3.65. The van der Waals surface area contributed by atoms with E-state index >= 15 is 0 Å². The van der Waals surface area contributed by atoms with Crippen molar-refractivity contribution < 1.29 is 13.5 Å². The Morgan fingerprint density at radius 3 is 2.40 bits per heavy atom. The van der Waals surface area contributed by atoms with E-state index in [0.29, 0.717) is 24.5 Å². The van der Waals surface area contributed by atoms with Crippen LogP contribution < -0.4 is 4.90 Å². The lowest BCUT2D eigenvalue weighted by Crippen LogP contribution is -2.36. The summed E-state index contributed by atoms with van der Waals surface area (Å²) in [5.41, 5.74) is 3.22. The Morgan fingerprint density at radius 1 is 0.880 bits per heavy atom. The van der Waals surface area contributed by atoms with Gasteiger partial charge in [-0.3, -0.25) is 0 Å². The molecule has 6 heteroatoms. The summed E-state index contributed by atoms with van der Waals surface area (Å²) in [6.07, 6.45) is 1.66. The predicted molar refractivity (Wildman–Crippen MR) is 91.9 cm³/mol. The number of nitrogens with zero attached hydrogens (tertiary/aromatic N) is 3. The first kappa shape index (κ1) is 15.8. The van der Waals surface area contributed by atoms with Crippen LogP contribution in [0, 0.1) is 11.6 Å². The van der Waals surface area contributed by atoms with Crippen molar-refractivity contribution in [3.05, 3.63) is 66.4 Å². The third-order valence-corrected chi connectivity index (χ3v) is 4.32. The molecule has 0 N–H and O–H groups in total. The largest absolute Gasteiger partial charge is 0.378 e. The van der Waals surface area contributed by atoms with Gasteiger partial charge in [0.25, 0.3) is 0 Å². The molecular formula is C19H17F2N3O. The van der Waals surface area contributed by atoms with Gasteiger partial charge in [-0.25, -0.2) is 13.5 Å². The Balaban J connectivity index is 1.79. The maximum Gasteiger partial charge on any atom is 0.159 e. The molecule has 0 saturated carbocycles. The number of halogens is 2. The summed E-state index contributed by atoms with van der Waals surface area (Å²) in [6, 6.07) is 13.6. The first-order chi connectivity index (χ1) is 12.2. The van der Waals surface area contributed by atoms with E-state index in [1.54, 1.807) is 23.0 Å². The zero-order valence-corrected chi connectivity index (χ0v) is 13.5. The molecule has 3 aromatic rings. The number of benzene rings is 2. The van der Waals surface area contributed by atoms with Gasteiger partial charge in [0.05, 0.1) is 36.5 Å². The SMILES string of the molecule is Fc1ccc(-c2ccnn2-c2ccccc2N2CCOCC2)cc1F. The molecule has 0 radical (unpaired) electrons. The Labute approximate surface area is 144 Å². The lowest BCUT2D eigenvalue weighted by Gasteiger charge is -2.30. The number of anilines is 1. The molecule has 1 saturated heterocycles. The molecule has 2 heterocycles. The van der Waals surface area contributed by atoms with E-state index in [1.165, 1.54) is 6.07 Å². The molecular weight excluding hydrogens is 324 g/mol. The van der Waals surface area contributed by atoms with Crippen LogP contribution in [-0.2, 0) is 4.74 Å². The van der Waals surface area contributed by atoms with Gasteiger partial charge in [-0.15, -0.1) is 0 Å². The summed E-state index contributed by atoms with van der Waals surface area (Å²) >= 11 is 0. The van der Waals surface area contributed by atoms with Crippen LogP contribution >= 0.6 is 0 Å². The number of hydrogen-bond acceptors (Lipinski definition) is 3. The Kier molecular flexibility index (Phi) is 4.19. The molecule has 0 aliphatic carbocycles. The molecule has 0 unspecified atom stereocenters. The molecule has 128 valence electrons. The fourth-order valence-corrected chi connectivity index (χ4v) is 3.08. The highest BCUT2D eigenvalue weighted by Crippen LogP contribution is 2.30. The van der Waals surface area contributed by atoms with Crippen LogP contribution in [0.5, 0.6) is 0 Å². The van der Waals surface area contributed by atoms with Crippen LogP contribution in [-0.4, -0.2) is 36.1 Å². The molecule has 0 bridgehead atoms. The van der Waals surface area contributed by atoms with Crippen molar-refractivity contribution in [1.29, 1.82) is 0 Å². The van der Waals surface area contributed by atoms with Crippen LogP contribution in [0.1, 0.15) is 0 Å². The number of hydrogen-bond donors (Lipinski definition) is 0. The summed E-state index contributed by atoms with van der Waals surface area (Å²) in [4.78, 5) is 2.25. The topological polar surface area (TPSA) is 30.3 Å². The van der Waals surface area contributed by atoms with E-state index in [1.807, 2.05) is 24.3 Å². The molecule has 1 fully saturated rings. The lowest BCUT2D eigenvalue weighted by atomic mass is 10.1. The highest BCUT2D eigenvalue weighted by atomic mass is 19.2. The highest BCUT2D eigenvalue weighted by molar-refractivity contribution is 5.68. The number of morpholine rings is 1. The fourth-order valence-electron chi connectivity index (χ4n) is 3.08. The average Bonchev–Trinajstić information content (AvgIpc) is 3.14. The fraction of sp³-hybridized carbons (Fsp3) is 0.211. The monoisotopic (exact) mass is 341 g/mol. The second-order valence-corrected chi connectivity index (χ2v) is 5.85. The summed E-state index contributed by atoms with van der Waals surface area (Å²) in [5, 5.41) is 4.41. The standard InChI is InChI=1S/C19H17F2N3O/c20-15-6-5-14(13-16(15)21)17-7-8-22-24(17)19-4-2-1-3-18(19)23-9-11-25-12-10-23/h1-8,13H,9-12H2. The van der Waals surface area contributed by atoms with Gasteiger partial charge >= 0.3 is 0 Å². The molecule has 4 rings (SSSR count). The molecule has 0 amide bonds. The molecule has 4 nitrogen and oxygen atoms in total. The second-order valence-electron chi connectivity index (χ2n) is 5.85. The zero-order chi connectivity index (χ0) is 17.2. The van der Waals surface area contributed by atoms with Gasteiger partial charge in [0.15, 0.2) is 11.6 Å². The van der Waals surface area contributed by atoms with Crippen molar-refractivity contribution >= 4 is 5.69 Å². The molecule has 0 spiro atoms. The van der Waals surface area contributed by atoms with E-state index < -0.39 is 11.6 Å². The number of aromatic nitrogens is 2. The molecule has 2 aromatic carbocycles. The third kappa shape index (κ3) is 3.00. The number of ether oxygens (including phenoxy) is 1. The first-order valence-electron chi connectivity index (χ1n) is 8.15. The lowest BCUT2D eigenvalue weighted by molar-refractivity contribution is 0.122. The quantitative estimate of drug-likeness (QED) is 0.728. The Hall–Kier alpha value is -2.73. The first-order valence-corrected chi connectivity index (χ1v) is 8.15. The molecule has 25 heavy (non-hydrogen) atoms. The van der Waals surface area contributed by atoms with Crippen molar-refractivity contribution in [3.63, 3.8) is 0 Å². The van der Waals surface area contributed by atoms with Gasteiger partial charge in [-0.05, 0) is 36.4 Å². The number of rotatable bonds is 3. The van der Waals surface area contributed by atoms with Crippen molar-refractivity contribution in [2.45, 2.75) is 0 Å². The van der Waals surface area contributed by atoms with E-state index in [0.717, 1.165) is 30.5 Å². The summed E-state index contributed by atoms with van der Waals surface area (Å²) < 4.78 is 34.1. The van der Waals surface area contributed by atoms with Crippen LogP contribution in [0.2, 0.25) is 0 Å². The van der Waals surface area contributed by atoms with E-state index in [-0.39, 0.29) is 0 Å². The molecule has 1 aromatic heterocycles. The van der Waals surface area contributed by atoms with Crippen molar-refractivity contribution in [3.8, 4) is 16.9 Å². The van der Waals surface area contributed by atoms with E-state index in [4.69, 9.17) is 4.74 Å². The van der Waals surface area contributed by atoms with Crippen LogP contribution in [0.4, 0.5) is 14.5 Å².